The average molecular weight is 330 g/mol. The zero-order valence-electron chi connectivity index (χ0n) is 14.1. The summed E-state index contributed by atoms with van der Waals surface area (Å²) in [5.74, 6) is 1.51. The van der Waals surface area contributed by atoms with Crippen LogP contribution in [0, 0.1) is 0 Å². The first kappa shape index (κ1) is 18.0. The fourth-order valence-corrected chi connectivity index (χ4v) is 2.25. The van der Waals surface area contributed by atoms with Crippen molar-refractivity contribution in [3.05, 3.63) is 59.7 Å². The molecule has 3 N–H and O–H groups in total. The van der Waals surface area contributed by atoms with Crippen LogP contribution in [0.5, 0.6) is 11.5 Å². The highest BCUT2D eigenvalue weighted by Crippen LogP contribution is 2.13. The summed E-state index contributed by atoms with van der Waals surface area (Å²) in [4.78, 5) is 11.2. The monoisotopic (exact) mass is 330 g/mol. The Labute approximate surface area is 142 Å². The predicted octanol–water partition coefficient (Wildman–Crippen LogP) is 1.40. The van der Waals surface area contributed by atoms with Gasteiger partial charge in [0.2, 0.25) is 0 Å². The second-order valence-corrected chi connectivity index (χ2v) is 5.62. The summed E-state index contributed by atoms with van der Waals surface area (Å²) in [7, 11) is 1.64. The zero-order chi connectivity index (χ0) is 17.4. The minimum Gasteiger partial charge on any atom is -0.497 e. The van der Waals surface area contributed by atoms with Gasteiger partial charge in [-0.25, -0.2) is 0 Å². The number of hydrogen-bond donors (Lipinski definition) is 2. The average Bonchev–Trinajstić information content (AvgIpc) is 2.61. The SMILES string of the molecule is COc1ccc(C[NH2+]C[C@H](O)COc2ccc(C(C)=O)cc2)cc1. The van der Waals surface area contributed by atoms with Gasteiger partial charge in [-0.3, -0.25) is 4.79 Å². The van der Waals surface area contributed by atoms with E-state index in [4.69, 9.17) is 9.47 Å². The lowest BCUT2D eigenvalue weighted by molar-refractivity contribution is -0.676. The Morgan fingerprint density at radius 3 is 2.29 bits per heavy atom. The number of aliphatic hydroxyl groups is 1. The molecule has 128 valence electrons. The number of quaternary nitrogens is 1. The molecule has 0 bridgehead atoms. The highest BCUT2D eigenvalue weighted by Gasteiger charge is 2.08. The van der Waals surface area contributed by atoms with E-state index in [1.165, 1.54) is 12.5 Å². The molecule has 0 aromatic heterocycles. The molecule has 24 heavy (non-hydrogen) atoms. The Kier molecular flexibility index (Phi) is 6.78. The first-order valence-corrected chi connectivity index (χ1v) is 7.95. The summed E-state index contributed by atoms with van der Waals surface area (Å²) in [5.41, 5.74) is 1.82. The lowest BCUT2D eigenvalue weighted by Crippen LogP contribution is -2.85. The van der Waals surface area contributed by atoms with Crippen LogP contribution < -0.4 is 14.8 Å². The Hall–Kier alpha value is -2.37. The van der Waals surface area contributed by atoms with Gasteiger partial charge in [-0.05, 0) is 55.5 Å². The van der Waals surface area contributed by atoms with Crippen LogP contribution in [-0.2, 0) is 6.54 Å². The summed E-state index contributed by atoms with van der Waals surface area (Å²) < 4.78 is 10.7. The maximum absolute atomic E-state index is 11.2. The van der Waals surface area contributed by atoms with Crippen molar-refractivity contribution in [3.8, 4) is 11.5 Å². The number of Topliss-reactive ketones (excluding diaryl/α,β-unsaturated/α-hetero) is 1. The van der Waals surface area contributed by atoms with Crippen molar-refractivity contribution in [1.29, 1.82) is 0 Å². The third-order valence-electron chi connectivity index (χ3n) is 3.68. The van der Waals surface area contributed by atoms with Crippen LogP contribution in [0.15, 0.2) is 48.5 Å². The van der Waals surface area contributed by atoms with Gasteiger partial charge >= 0.3 is 0 Å². The molecular formula is C19H24NO4+. The second kappa shape index (κ2) is 9.05. The van der Waals surface area contributed by atoms with Crippen molar-refractivity contribution in [2.45, 2.75) is 19.6 Å². The van der Waals surface area contributed by atoms with E-state index < -0.39 is 6.10 Å². The first-order valence-electron chi connectivity index (χ1n) is 7.95. The Morgan fingerprint density at radius 2 is 1.71 bits per heavy atom. The van der Waals surface area contributed by atoms with Gasteiger partial charge in [-0.2, -0.15) is 0 Å². The molecule has 0 heterocycles. The molecule has 0 amide bonds. The fraction of sp³-hybridized carbons (Fsp3) is 0.316. The van der Waals surface area contributed by atoms with E-state index in [0.717, 1.165) is 12.3 Å². The molecule has 2 aromatic carbocycles. The van der Waals surface area contributed by atoms with E-state index in [-0.39, 0.29) is 12.4 Å². The molecule has 1 atom stereocenters. The van der Waals surface area contributed by atoms with Gasteiger partial charge in [0.1, 0.15) is 37.3 Å². The molecule has 0 aliphatic heterocycles. The van der Waals surface area contributed by atoms with Crippen LogP contribution in [0.4, 0.5) is 0 Å². The quantitative estimate of drug-likeness (QED) is 0.682. The van der Waals surface area contributed by atoms with E-state index in [1.54, 1.807) is 31.4 Å². The van der Waals surface area contributed by atoms with E-state index >= 15 is 0 Å². The molecule has 0 aliphatic carbocycles. The van der Waals surface area contributed by atoms with Gasteiger partial charge in [0.05, 0.1) is 7.11 Å². The van der Waals surface area contributed by atoms with Crippen molar-refractivity contribution < 1.29 is 24.7 Å². The number of rotatable bonds is 9. The maximum atomic E-state index is 11.2. The molecule has 0 fully saturated rings. The highest BCUT2D eigenvalue weighted by molar-refractivity contribution is 5.94. The van der Waals surface area contributed by atoms with Crippen molar-refractivity contribution in [3.63, 3.8) is 0 Å². The molecule has 5 heteroatoms. The number of carbonyl (C=O) groups excluding carboxylic acids is 1. The molecule has 2 rings (SSSR count). The molecule has 0 radical (unpaired) electrons. The lowest BCUT2D eigenvalue weighted by atomic mass is 10.1. The predicted molar refractivity (Wildman–Crippen MR) is 91.4 cm³/mol. The van der Waals surface area contributed by atoms with Crippen LogP contribution in [0.3, 0.4) is 0 Å². The van der Waals surface area contributed by atoms with Gasteiger partial charge in [0.15, 0.2) is 5.78 Å². The van der Waals surface area contributed by atoms with Crippen molar-refractivity contribution in [2.24, 2.45) is 0 Å². The number of carbonyl (C=O) groups is 1. The largest absolute Gasteiger partial charge is 0.497 e. The number of ether oxygens (including phenoxy) is 2. The number of nitrogens with two attached hydrogens (primary N) is 1. The Morgan fingerprint density at radius 1 is 1.08 bits per heavy atom. The van der Waals surface area contributed by atoms with Gasteiger partial charge in [0, 0.05) is 11.1 Å². The van der Waals surface area contributed by atoms with Crippen LogP contribution in [0.25, 0.3) is 0 Å². The number of hydrogen-bond acceptors (Lipinski definition) is 4. The second-order valence-electron chi connectivity index (χ2n) is 5.62. The summed E-state index contributed by atoms with van der Waals surface area (Å²) in [6, 6.07) is 14.8. The highest BCUT2D eigenvalue weighted by atomic mass is 16.5. The molecule has 0 unspecified atom stereocenters. The molecule has 0 spiro atoms. The molecule has 5 nitrogen and oxygen atoms in total. The lowest BCUT2D eigenvalue weighted by Gasteiger charge is -2.12. The molecule has 0 aliphatic rings. The first-order chi connectivity index (χ1) is 11.6. The summed E-state index contributed by atoms with van der Waals surface area (Å²) >= 11 is 0. The van der Waals surface area contributed by atoms with Gasteiger partial charge in [-0.1, -0.05) is 0 Å². The topological polar surface area (TPSA) is 72.4 Å². The van der Waals surface area contributed by atoms with Crippen LogP contribution in [-0.4, -0.2) is 37.3 Å². The minimum absolute atomic E-state index is 0.0229. The number of ketones is 1. The van der Waals surface area contributed by atoms with Crippen molar-refractivity contribution >= 4 is 5.78 Å². The third-order valence-corrected chi connectivity index (χ3v) is 3.68. The van der Waals surface area contributed by atoms with E-state index in [9.17, 15) is 9.90 Å². The summed E-state index contributed by atoms with van der Waals surface area (Å²) in [5, 5.41) is 12.0. The normalized spacial score (nSPS) is 11.8. The summed E-state index contributed by atoms with van der Waals surface area (Å²) in [6.07, 6.45) is -0.560. The maximum Gasteiger partial charge on any atom is 0.159 e. The van der Waals surface area contributed by atoms with E-state index in [2.05, 4.69) is 0 Å². The summed E-state index contributed by atoms with van der Waals surface area (Å²) in [6.45, 7) is 3.09. The van der Waals surface area contributed by atoms with E-state index in [1.807, 2.05) is 29.6 Å². The third kappa shape index (κ3) is 5.68. The molecule has 2 aromatic rings. The smallest absolute Gasteiger partial charge is 0.159 e. The Bertz CT molecular complexity index is 637. The van der Waals surface area contributed by atoms with Crippen LogP contribution in [0.2, 0.25) is 0 Å². The standard InChI is InChI=1S/C19H23NO4/c1-14(21)16-5-9-19(10-6-16)24-13-17(22)12-20-11-15-3-7-18(23-2)8-4-15/h3-10,17,20,22H,11-13H2,1-2H3/p+1/t17-/m0/s1. The fourth-order valence-electron chi connectivity index (χ4n) is 2.25. The number of benzene rings is 2. The van der Waals surface area contributed by atoms with Crippen LogP contribution >= 0.6 is 0 Å². The van der Waals surface area contributed by atoms with Gasteiger partial charge < -0.3 is 19.9 Å². The Balaban J connectivity index is 1.69. The number of aliphatic hydroxyl groups excluding tert-OH is 1. The van der Waals surface area contributed by atoms with E-state index in [0.29, 0.717) is 17.9 Å². The van der Waals surface area contributed by atoms with Crippen molar-refractivity contribution in [2.75, 3.05) is 20.3 Å². The number of methoxy groups -OCH3 is 1. The molecule has 0 saturated heterocycles. The molecular weight excluding hydrogens is 306 g/mol. The van der Waals surface area contributed by atoms with Gasteiger partial charge in [0.25, 0.3) is 0 Å². The minimum atomic E-state index is -0.560. The molecule has 0 saturated carbocycles. The van der Waals surface area contributed by atoms with Crippen molar-refractivity contribution in [1.82, 2.24) is 0 Å². The van der Waals surface area contributed by atoms with Gasteiger partial charge in [-0.15, -0.1) is 0 Å². The zero-order valence-corrected chi connectivity index (χ0v) is 14.1. The van der Waals surface area contributed by atoms with Crippen LogP contribution in [0.1, 0.15) is 22.8 Å².